The number of hydrogen-bond donors (Lipinski definition) is 2. The molecule has 0 aliphatic carbocycles. The van der Waals surface area contributed by atoms with Crippen LogP contribution in [-0.2, 0) is 0 Å². The van der Waals surface area contributed by atoms with Gasteiger partial charge in [-0.25, -0.2) is 4.98 Å². The Kier molecular flexibility index (Phi) is 4.48. The second kappa shape index (κ2) is 5.64. The Morgan fingerprint density at radius 2 is 2.38 bits per heavy atom. The van der Waals surface area contributed by atoms with Gasteiger partial charge in [-0.05, 0) is 17.4 Å². The standard InChI is InChI=1S/C9H12BrN3O3/c1-2-6(10)5-11-9(14)7-3-4-8(12-7)13(15)16/h3-4,6,12H,2,5H2,1H3,(H,11,14). The molecule has 1 atom stereocenters. The third-order valence-electron chi connectivity index (χ3n) is 2.04. The number of rotatable bonds is 5. The number of H-pyrrole nitrogens is 1. The fourth-order valence-corrected chi connectivity index (χ4v) is 1.23. The van der Waals surface area contributed by atoms with Gasteiger partial charge in [0.1, 0.15) is 0 Å². The van der Waals surface area contributed by atoms with Crippen LogP contribution in [0, 0.1) is 10.1 Å². The molecule has 7 heteroatoms. The van der Waals surface area contributed by atoms with E-state index in [-0.39, 0.29) is 22.2 Å². The lowest BCUT2D eigenvalue weighted by molar-refractivity contribution is -0.389. The molecule has 0 aromatic carbocycles. The van der Waals surface area contributed by atoms with Crippen LogP contribution >= 0.6 is 15.9 Å². The van der Waals surface area contributed by atoms with Gasteiger partial charge in [0.15, 0.2) is 5.69 Å². The maximum Gasteiger partial charge on any atom is 0.321 e. The molecule has 0 saturated heterocycles. The maximum atomic E-state index is 11.5. The molecule has 1 heterocycles. The second-order valence-electron chi connectivity index (χ2n) is 3.23. The van der Waals surface area contributed by atoms with Gasteiger partial charge in [-0.15, -0.1) is 0 Å². The van der Waals surface area contributed by atoms with Crippen molar-refractivity contribution < 1.29 is 9.72 Å². The van der Waals surface area contributed by atoms with Crippen molar-refractivity contribution in [1.82, 2.24) is 10.3 Å². The van der Waals surface area contributed by atoms with E-state index < -0.39 is 4.92 Å². The van der Waals surface area contributed by atoms with Crippen molar-refractivity contribution in [2.75, 3.05) is 6.54 Å². The molecule has 2 N–H and O–H groups in total. The van der Waals surface area contributed by atoms with Crippen LogP contribution in [0.2, 0.25) is 0 Å². The van der Waals surface area contributed by atoms with E-state index in [0.29, 0.717) is 6.54 Å². The molecule has 1 unspecified atom stereocenters. The number of aromatic nitrogens is 1. The SMILES string of the molecule is CCC(Br)CNC(=O)c1ccc([N+](=O)[O-])[nH]1. The van der Waals surface area contributed by atoms with Crippen LogP contribution in [0.15, 0.2) is 12.1 Å². The predicted octanol–water partition coefficient (Wildman–Crippen LogP) is 1.83. The number of hydrogen-bond acceptors (Lipinski definition) is 3. The van der Waals surface area contributed by atoms with E-state index >= 15 is 0 Å². The Morgan fingerprint density at radius 1 is 1.69 bits per heavy atom. The summed E-state index contributed by atoms with van der Waals surface area (Å²) in [6.07, 6.45) is 0.894. The van der Waals surface area contributed by atoms with Crippen molar-refractivity contribution in [1.29, 1.82) is 0 Å². The Labute approximate surface area is 101 Å². The smallest absolute Gasteiger partial charge is 0.321 e. The number of carbonyl (C=O) groups excluding carboxylic acids is 1. The van der Waals surface area contributed by atoms with Crippen LogP contribution in [0.3, 0.4) is 0 Å². The summed E-state index contributed by atoms with van der Waals surface area (Å²) in [6, 6.07) is 2.66. The average molecular weight is 290 g/mol. The first kappa shape index (κ1) is 12.7. The Bertz CT molecular complexity index is 391. The average Bonchev–Trinajstić information content (AvgIpc) is 2.74. The fraction of sp³-hybridized carbons (Fsp3) is 0.444. The van der Waals surface area contributed by atoms with Crippen molar-refractivity contribution in [2.45, 2.75) is 18.2 Å². The Morgan fingerprint density at radius 3 is 2.88 bits per heavy atom. The van der Waals surface area contributed by atoms with E-state index in [1.54, 1.807) is 0 Å². The molecule has 0 radical (unpaired) electrons. The van der Waals surface area contributed by atoms with Crippen LogP contribution in [0.4, 0.5) is 5.82 Å². The number of alkyl halides is 1. The third kappa shape index (κ3) is 3.34. The molecule has 0 fully saturated rings. The van der Waals surface area contributed by atoms with Crippen LogP contribution < -0.4 is 5.32 Å². The predicted molar refractivity (Wildman–Crippen MR) is 62.8 cm³/mol. The first-order chi connectivity index (χ1) is 7.54. The molecule has 1 aromatic heterocycles. The van der Waals surface area contributed by atoms with Gasteiger partial charge in [0, 0.05) is 17.4 Å². The van der Waals surface area contributed by atoms with Crippen molar-refractivity contribution in [3.8, 4) is 0 Å². The zero-order valence-electron chi connectivity index (χ0n) is 8.70. The lowest BCUT2D eigenvalue weighted by Gasteiger charge is -2.06. The molecular formula is C9H12BrN3O3. The topological polar surface area (TPSA) is 88.0 Å². The van der Waals surface area contributed by atoms with Gasteiger partial charge in [-0.2, -0.15) is 0 Å². The summed E-state index contributed by atoms with van der Waals surface area (Å²) in [6.45, 7) is 2.48. The zero-order valence-corrected chi connectivity index (χ0v) is 10.3. The first-order valence-corrected chi connectivity index (χ1v) is 5.71. The molecule has 1 aromatic rings. The molecule has 6 nitrogen and oxygen atoms in total. The maximum absolute atomic E-state index is 11.5. The molecule has 0 bridgehead atoms. The Hall–Kier alpha value is -1.37. The number of halogens is 1. The summed E-state index contributed by atoms with van der Waals surface area (Å²) < 4.78 is 0. The van der Waals surface area contributed by atoms with Crippen molar-refractivity contribution in [2.24, 2.45) is 0 Å². The molecule has 88 valence electrons. The third-order valence-corrected chi connectivity index (χ3v) is 3.01. The van der Waals surface area contributed by atoms with Gasteiger partial charge in [0.25, 0.3) is 5.91 Å². The van der Waals surface area contributed by atoms with Crippen LogP contribution in [0.5, 0.6) is 0 Å². The minimum atomic E-state index is -0.573. The fourth-order valence-electron chi connectivity index (χ4n) is 1.07. The Balaban J connectivity index is 2.56. The number of nitrogens with one attached hydrogen (secondary N) is 2. The molecule has 0 aliphatic heterocycles. The summed E-state index contributed by atoms with van der Waals surface area (Å²) in [4.78, 5) is 24.0. The van der Waals surface area contributed by atoms with E-state index in [0.717, 1.165) is 6.42 Å². The van der Waals surface area contributed by atoms with Crippen LogP contribution in [-0.4, -0.2) is 27.2 Å². The molecule has 0 saturated carbocycles. The summed E-state index contributed by atoms with van der Waals surface area (Å²) in [7, 11) is 0. The molecule has 1 rings (SSSR count). The highest BCUT2D eigenvalue weighted by atomic mass is 79.9. The van der Waals surface area contributed by atoms with Crippen molar-refractivity contribution >= 4 is 27.7 Å². The van der Waals surface area contributed by atoms with E-state index in [2.05, 4.69) is 26.2 Å². The highest BCUT2D eigenvalue weighted by molar-refractivity contribution is 9.09. The minimum absolute atomic E-state index is 0.184. The van der Waals surface area contributed by atoms with Crippen molar-refractivity contribution in [3.05, 3.63) is 27.9 Å². The highest BCUT2D eigenvalue weighted by Crippen LogP contribution is 2.10. The minimum Gasteiger partial charge on any atom is -0.358 e. The number of aromatic amines is 1. The second-order valence-corrected chi connectivity index (χ2v) is 4.52. The lowest BCUT2D eigenvalue weighted by atomic mass is 10.3. The summed E-state index contributed by atoms with van der Waals surface area (Å²) >= 11 is 3.37. The number of nitrogens with zero attached hydrogens (tertiary/aromatic N) is 1. The summed E-state index contributed by atoms with van der Waals surface area (Å²) in [5.74, 6) is -0.526. The monoisotopic (exact) mass is 289 g/mol. The molecule has 16 heavy (non-hydrogen) atoms. The van der Waals surface area contributed by atoms with Crippen LogP contribution in [0.25, 0.3) is 0 Å². The van der Waals surface area contributed by atoms with E-state index in [1.165, 1.54) is 12.1 Å². The van der Waals surface area contributed by atoms with Gasteiger partial charge < -0.3 is 15.4 Å². The van der Waals surface area contributed by atoms with E-state index in [1.807, 2.05) is 6.92 Å². The summed E-state index contributed by atoms with van der Waals surface area (Å²) in [5.41, 5.74) is 0.197. The quantitative estimate of drug-likeness (QED) is 0.492. The highest BCUT2D eigenvalue weighted by Gasteiger charge is 2.15. The van der Waals surface area contributed by atoms with E-state index in [4.69, 9.17) is 0 Å². The van der Waals surface area contributed by atoms with Gasteiger partial charge in [0.05, 0.1) is 0 Å². The lowest BCUT2D eigenvalue weighted by Crippen LogP contribution is -2.29. The van der Waals surface area contributed by atoms with Gasteiger partial charge >= 0.3 is 5.82 Å². The van der Waals surface area contributed by atoms with Crippen LogP contribution in [0.1, 0.15) is 23.8 Å². The van der Waals surface area contributed by atoms with E-state index in [9.17, 15) is 14.9 Å². The number of amides is 1. The van der Waals surface area contributed by atoms with Crippen molar-refractivity contribution in [3.63, 3.8) is 0 Å². The summed E-state index contributed by atoms with van der Waals surface area (Å²) in [5, 5.41) is 13.0. The van der Waals surface area contributed by atoms with Gasteiger partial charge in [0.2, 0.25) is 0 Å². The first-order valence-electron chi connectivity index (χ1n) is 4.80. The molecule has 0 aliphatic rings. The number of carbonyl (C=O) groups is 1. The zero-order chi connectivity index (χ0) is 12.1. The largest absolute Gasteiger partial charge is 0.358 e. The van der Waals surface area contributed by atoms with Gasteiger partial charge in [-0.3, -0.25) is 4.79 Å². The molecule has 0 spiro atoms. The van der Waals surface area contributed by atoms with Gasteiger partial charge in [-0.1, -0.05) is 22.9 Å². The molecule has 1 amide bonds. The number of nitro groups is 1. The molecular weight excluding hydrogens is 278 g/mol. The normalized spacial score (nSPS) is 12.1.